The second-order valence-electron chi connectivity index (χ2n) is 10.0. The minimum absolute atomic E-state index is 0.0598. The summed E-state index contributed by atoms with van der Waals surface area (Å²) in [5.41, 5.74) is 1.78. The summed E-state index contributed by atoms with van der Waals surface area (Å²) < 4.78 is 37.9. The smallest absolute Gasteiger partial charge is 0.309 e. The lowest BCUT2D eigenvalue weighted by Crippen LogP contribution is -2.60. The first kappa shape index (κ1) is 30.4. The Labute approximate surface area is 237 Å². The summed E-state index contributed by atoms with van der Waals surface area (Å²) in [6.07, 6.45) is -6.19. The molecule has 12 heteroatoms. The van der Waals surface area contributed by atoms with Crippen LogP contribution in [0.25, 0.3) is 0 Å². The Hall–Kier alpha value is -3.58. The van der Waals surface area contributed by atoms with Gasteiger partial charge < -0.3 is 48.5 Å². The zero-order chi connectivity index (χ0) is 29.7. The van der Waals surface area contributed by atoms with Gasteiger partial charge in [0, 0.05) is 12.8 Å². The first-order valence-electron chi connectivity index (χ1n) is 13.2. The number of hydrogen-bond acceptors (Lipinski definition) is 12. The number of cyclic esters (lactones) is 1. The van der Waals surface area contributed by atoms with Gasteiger partial charge in [-0.2, -0.15) is 0 Å². The van der Waals surface area contributed by atoms with Crippen LogP contribution in [0.5, 0.6) is 23.0 Å². The van der Waals surface area contributed by atoms with Gasteiger partial charge in [0.05, 0.1) is 33.9 Å². The number of methoxy groups -OCH3 is 3. The summed E-state index contributed by atoms with van der Waals surface area (Å²) in [5, 5.41) is 30.9. The predicted octanol–water partition coefficient (Wildman–Crippen LogP) is 1.04. The Kier molecular flexibility index (Phi) is 9.92. The van der Waals surface area contributed by atoms with Crippen molar-refractivity contribution in [2.45, 2.75) is 50.5 Å². The molecule has 0 aromatic heterocycles. The summed E-state index contributed by atoms with van der Waals surface area (Å²) >= 11 is 0. The molecule has 12 nitrogen and oxygen atoms in total. The third-order valence-electron chi connectivity index (χ3n) is 7.30. The van der Waals surface area contributed by atoms with Gasteiger partial charge in [-0.1, -0.05) is 12.1 Å². The highest BCUT2D eigenvalue weighted by Gasteiger charge is 2.45. The number of esters is 2. The lowest BCUT2D eigenvalue weighted by atomic mass is 9.85. The highest BCUT2D eigenvalue weighted by molar-refractivity contribution is 5.75. The van der Waals surface area contributed by atoms with E-state index in [-0.39, 0.29) is 30.2 Å². The van der Waals surface area contributed by atoms with E-state index in [1.807, 2.05) is 18.2 Å². The van der Waals surface area contributed by atoms with Gasteiger partial charge in [0.25, 0.3) is 0 Å². The van der Waals surface area contributed by atoms with E-state index in [4.69, 9.17) is 33.2 Å². The number of aliphatic hydroxyl groups excluding tert-OH is 3. The Balaban J connectivity index is 1.46. The van der Waals surface area contributed by atoms with Gasteiger partial charge in [-0.3, -0.25) is 9.59 Å². The molecular formula is C29H36O12. The van der Waals surface area contributed by atoms with E-state index < -0.39 is 36.7 Å². The van der Waals surface area contributed by atoms with Gasteiger partial charge in [-0.25, -0.2) is 0 Å². The lowest BCUT2D eigenvalue weighted by molar-refractivity contribution is -0.278. The second kappa shape index (κ2) is 13.4. The largest absolute Gasteiger partial charge is 0.493 e. The topological polar surface area (TPSA) is 159 Å². The molecule has 2 fully saturated rings. The molecule has 0 saturated carbocycles. The Morgan fingerprint density at radius 3 is 2.10 bits per heavy atom. The number of aliphatic hydroxyl groups is 3. The highest BCUT2D eigenvalue weighted by Crippen LogP contribution is 2.36. The summed E-state index contributed by atoms with van der Waals surface area (Å²) in [6, 6.07) is 10.7. The summed E-state index contributed by atoms with van der Waals surface area (Å²) in [5.74, 6) is 0.422. The van der Waals surface area contributed by atoms with E-state index in [0.717, 1.165) is 11.1 Å². The van der Waals surface area contributed by atoms with E-state index in [1.54, 1.807) is 32.4 Å². The van der Waals surface area contributed by atoms with Gasteiger partial charge in [0.2, 0.25) is 6.29 Å². The van der Waals surface area contributed by atoms with Crippen LogP contribution in [0, 0.1) is 11.8 Å². The fraction of sp³-hybridized carbons (Fsp3) is 0.517. The van der Waals surface area contributed by atoms with Gasteiger partial charge in [-0.05, 0) is 48.2 Å². The normalized spacial score (nSPS) is 27.6. The van der Waals surface area contributed by atoms with Gasteiger partial charge in [0.1, 0.15) is 31.0 Å². The molecule has 224 valence electrons. The van der Waals surface area contributed by atoms with Crippen LogP contribution < -0.4 is 18.9 Å². The molecule has 0 radical (unpaired) electrons. The van der Waals surface area contributed by atoms with Crippen molar-refractivity contribution < 1.29 is 58.1 Å². The molecule has 2 aliphatic heterocycles. The molecule has 0 aliphatic carbocycles. The van der Waals surface area contributed by atoms with Gasteiger partial charge in [-0.15, -0.1) is 0 Å². The quantitative estimate of drug-likeness (QED) is 0.327. The standard InChI is InChI=1S/C29H36O12/c1-15(30)38-14-24-25(31)26(32)27(33)29(41-24)40-21-8-6-17(12-23(21)37-4)10-19-18(13-39-28(19)34)9-16-5-7-20(35-2)22(11-16)36-3/h5-8,11-12,18-19,24-27,29,31-33H,9-10,13-14H2,1-4H3. The SMILES string of the molecule is COc1ccc(CC2COC(=O)C2Cc2ccc(OC3OC(COC(C)=O)C(O)C(O)C3O)c(OC)c2)cc1OC. The van der Waals surface area contributed by atoms with Crippen LogP contribution in [0.4, 0.5) is 0 Å². The maximum absolute atomic E-state index is 12.7. The van der Waals surface area contributed by atoms with Gasteiger partial charge in [0.15, 0.2) is 23.0 Å². The van der Waals surface area contributed by atoms with Crippen molar-refractivity contribution in [3.05, 3.63) is 47.5 Å². The predicted molar refractivity (Wildman–Crippen MR) is 142 cm³/mol. The molecule has 0 amide bonds. The van der Waals surface area contributed by atoms with Crippen LogP contribution >= 0.6 is 0 Å². The zero-order valence-electron chi connectivity index (χ0n) is 23.3. The Morgan fingerprint density at radius 1 is 0.854 bits per heavy atom. The van der Waals surface area contributed by atoms with Crippen molar-refractivity contribution in [1.82, 2.24) is 0 Å². The molecule has 3 N–H and O–H groups in total. The average molecular weight is 577 g/mol. The van der Waals surface area contributed by atoms with Crippen LogP contribution in [0.2, 0.25) is 0 Å². The van der Waals surface area contributed by atoms with E-state index in [1.165, 1.54) is 14.0 Å². The van der Waals surface area contributed by atoms with E-state index in [2.05, 4.69) is 0 Å². The first-order valence-corrected chi connectivity index (χ1v) is 13.2. The molecular weight excluding hydrogens is 540 g/mol. The van der Waals surface area contributed by atoms with Crippen LogP contribution in [-0.2, 0) is 36.6 Å². The van der Waals surface area contributed by atoms with Crippen molar-refractivity contribution in [2.24, 2.45) is 11.8 Å². The number of ether oxygens (including phenoxy) is 7. The molecule has 41 heavy (non-hydrogen) atoms. The van der Waals surface area contributed by atoms with Crippen molar-refractivity contribution in [3.63, 3.8) is 0 Å². The fourth-order valence-corrected chi connectivity index (χ4v) is 5.03. The summed E-state index contributed by atoms with van der Waals surface area (Å²) in [7, 11) is 4.58. The molecule has 0 bridgehead atoms. The van der Waals surface area contributed by atoms with Crippen LogP contribution in [0.1, 0.15) is 18.1 Å². The maximum atomic E-state index is 12.7. The van der Waals surface area contributed by atoms with E-state index >= 15 is 0 Å². The molecule has 2 heterocycles. The minimum atomic E-state index is -1.60. The monoisotopic (exact) mass is 576 g/mol. The summed E-state index contributed by atoms with van der Waals surface area (Å²) in [4.78, 5) is 23.8. The number of rotatable bonds is 11. The number of hydrogen-bond donors (Lipinski definition) is 3. The molecule has 2 saturated heterocycles. The van der Waals surface area contributed by atoms with Crippen molar-refractivity contribution >= 4 is 11.9 Å². The lowest BCUT2D eigenvalue weighted by Gasteiger charge is -2.40. The third kappa shape index (κ3) is 7.02. The highest BCUT2D eigenvalue weighted by atomic mass is 16.7. The maximum Gasteiger partial charge on any atom is 0.309 e. The third-order valence-corrected chi connectivity index (χ3v) is 7.30. The van der Waals surface area contributed by atoms with Crippen LogP contribution in [0.3, 0.4) is 0 Å². The van der Waals surface area contributed by atoms with Crippen molar-refractivity contribution in [2.75, 3.05) is 34.5 Å². The Morgan fingerprint density at radius 2 is 1.46 bits per heavy atom. The number of carbonyl (C=O) groups excluding carboxylic acids is 2. The van der Waals surface area contributed by atoms with Crippen molar-refractivity contribution in [3.8, 4) is 23.0 Å². The zero-order valence-corrected chi connectivity index (χ0v) is 23.3. The number of benzene rings is 2. The van der Waals surface area contributed by atoms with Crippen molar-refractivity contribution in [1.29, 1.82) is 0 Å². The molecule has 7 atom stereocenters. The number of carbonyl (C=O) groups is 2. The van der Waals surface area contributed by atoms with E-state index in [0.29, 0.717) is 36.7 Å². The first-order chi connectivity index (χ1) is 19.6. The molecule has 7 unspecified atom stereocenters. The van der Waals surface area contributed by atoms with Crippen LogP contribution in [-0.4, -0.2) is 92.5 Å². The second-order valence-corrected chi connectivity index (χ2v) is 10.0. The minimum Gasteiger partial charge on any atom is -0.493 e. The van der Waals surface area contributed by atoms with E-state index in [9.17, 15) is 24.9 Å². The van der Waals surface area contributed by atoms with Crippen LogP contribution in [0.15, 0.2) is 36.4 Å². The molecule has 4 rings (SSSR count). The molecule has 0 spiro atoms. The summed E-state index contributed by atoms with van der Waals surface area (Å²) in [6.45, 7) is 1.17. The molecule has 2 aromatic rings. The molecule has 2 aromatic carbocycles. The Bertz CT molecular complexity index is 1220. The average Bonchev–Trinajstić information content (AvgIpc) is 3.30. The molecule has 2 aliphatic rings. The fourth-order valence-electron chi connectivity index (χ4n) is 5.03. The van der Waals surface area contributed by atoms with Gasteiger partial charge >= 0.3 is 11.9 Å².